The number of nitrogens with zero attached hydrogens (tertiary/aromatic N) is 3. The summed E-state index contributed by atoms with van der Waals surface area (Å²) in [6.45, 7) is 1.97. The first-order valence-corrected chi connectivity index (χ1v) is 13.9. The number of benzene rings is 2. The number of unbranched alkanes of at least 4 members (excludes halogenated alkanes) is 7. The van der Waals surface area contributed by atoms with Crippen LogP contribution in [0.15, 0.2) is 36.4 Å². The number of hydrogen-bond donors (Lipinski definition) is 0. The van der Waals surface area contributed by atoms with Gasteiger partial charge in [0, 0.05) is 46.0 Å². The summed E-state index contributed by atoms with van der Waals surface area (Å²) in [6, 6.07) is 13.9. The van der Waals surface area contributed by atoms with E-state index in [1.165, 1.54) is 78.8 Å². The fourth-order valence-corrected chi connectivity index (χ4v) is 4.96. The van der Waals surface area contributed by atoms with Gasteiger partial charge in [0.2, 0.25) is 0 Å². The summed E-state index contributed by atoms with van der Waals surface area (Å²) in [4.78, 5) is 6.98. The van der Waals surface area contributed by atoms with Crippen LogP contribution < -0.4 is 14.7 Å². The van der Waals surface area contributed by atoms with Gasteiger partial charge in [-0.15, -0.1) is 0 Å². The third kappa shape index (κ3) is 6.64. The SMILES string of the molecule is CN(C)c1ccc2c(c1)N(CCCCCCCCCC#P=S)c1cc(N(C)C)ccc1C2. The first-order chi connectivity index (χ1) is 15.5. The van der Waals surface area contributed by atoms with E-state index in [1.54, 1.807) is 0 Å². The van der Waals surface area contributed by atoms with Crippen LogP contribution in [0.25, 0.3) is 0 Å². The van der Waals surface area contributed by atoms with Gasteiger partial charge in [-0.05, 0) is 35.4 Å². The van der Waals surface area contributed by atoms with Crippen molar-refractivity contribution in [3.05, 3.63) is 47.5 Å². The van der Waals surface area contributed by atoms with E-state index in [4.69, 9.17) is 11.8 Å². The van der Waals surface area contributed by atoms with Gasteiger partial charge in [0.15, 0.2) is 0 Å². The Kier molecular flexibility index (Phi) is 9.72. The molecular weight excluding hydrogens is 429 g/mol. The first kappa shape index (κ1) is 24.9. The minimum Gasteiger partial charge on any atom is -0.378 e. The average molecular weight is 468 g/mol. The van der Waals surface area contributed by atoms with E-state index in [0.29, 0.717) is 0 Å². The Morgan fingerprint density at radius 2 is 1.28 bits per heavy atom. The summed E-state index contributed by atoms with van der Waals surface area (Å²) in [5, 5.41) is 0. The van der Waals surface area contributed by atoms with Gasteiger partial charge in [-0.25, -0.2) is 0 Å². The fraction of sp³-hybridized carbons (Fsp3) is 0.519. The van der Waals surface area contributed by atoms with Crippen molar-refractivity contribution in [3.8, 4) is 5.63 Å². The minimum absolute atomic E-state index is 0.886. The second-order valence-electron chi connectivity index (χ2n) is 9.22. The van der Waals surface area contributed by atoms with Crippen molar-refractivity contribution < 1.29 is 0 Å². The third-order valence-electron chi connectivity index (χ3n) is 6.37. The zero-order valence-corrected chi connectivity index (χ0v) is 21.9. The number of hydrogen-bond acceptors (Lipinski definition) is 4. The van der Waals surface area contributed by atoms with E-state index in [0.717, 1.165) is 26.2 Å². The van der Waals surface area contributed by atoms with Gasteiger partial charge in [0.25, 0.3) is 0 Å². The molecule has 2 aromatic carbocycles. The van der Waals surface area contributed by atoms with Crippen LogP contribution in [0.3, 0.4) is 0 Å². The normalized spacial score (nSPS) is 12.1. The predicted molar refractivity (Wildman–Crippen MR) is 146 cm³/mol. The van der Waals surface area contributed by atoms with Crippen molar-refractivity contribution in [2.75, 3.05) is 49.4 Å². The molecular formula is C27H38N3PS. The van der Waals surface area contributed by atoms with Gasteiger partial charge in [-0.2, -0.15) is 0 Å². The van der Waals surface area contributed by atoms with Gasteiger partial charge < -0.3 is 9.80 Å². The summed E-state index contributed by atoms with van der Waals surface area (Å²) >= 11 is 4.90. The molecule has 3 nitrogen and oxygen atoms in total. The average Bonchev–Trinajstić information content (AvgIpc) is 2.78. The zero-order chi connectivity index (χ0) is 22.9. The van der Waals surface area contributed by atoms with Crippen LogP contribution in [0.2, 0.25) is 0 Å². The molecule has 3 rings (SSSR count). The van der Waals surface area contributed by atoms with Crippen molar-refractivity contribution in [2.24, 2.45) is 0 Å². The van der Waals surface area contributed by atoms with Crippen molar-refractivity contribution in [1.82, 2.24) is 0 Å². The van der Waals surface area contributed by atoms with E-state index < -0.39 is 0 Å². The molecule has 0 fully saturated rings. The molecule has 0 N–H and O–H groups in total. The summed E-state index contributed by atoms with van der Waals surface area (Å²) in [5.41, 5.74) is 11.4. The van der Waals surface area contributed by atoms with E-state index in [9.17, 15) is 0 Å². The van der Waals surface area contributed by atoms with Gasteiger partial charge in [0.05, 0.1) is 0 Å². The van der Waals surface area contributed by atoms with Crippen LogP contribution in [0.5, 0.6) is 0 Å². The Hall–Kier alpha value is -1.73. The van der Waals surface area contributed by atoms with Crippen LogP contribution in [0.4, 0.5) is 22.7 Å². The Balaban J connectivity index is 1.66. The van der Waals surface area contributed by atoms with Crippen LogP contribution in [0.1, 0.15) is 62.5 Å². The molecule has 1 aliphatic heterocycles. The van der Waals surface area contributed by atoms with Crippen LogP contribution >= 0.6 is 6.81 Å². The molecule has 172 valence electrons. The van der Waals surface area contributed by atoms with E-state index in [2.05, 4.69) is 84.9 Å². The number of fused-ring (bicyclic) bond motifs is 2. The van der Waals surface area contributed by atoms with Gasteiger partial charge in [-0.3, -0.25) is 0 Å². The van der Waals surface area contributed by atoms with Crippen LogP contribution in [-0.2, 0) is 18.2 Å². The molecule has 0 aliphatic carbocycles. The Morgan fingerprint density at radius 3 is 1.78 bits per heavy atom. The van der Waals surface area contributed by atoms with Crippen LogP contribution in [-0.4, -0.2) is 34.7 Å². The van der Waals surface area contributed by atoms with Gasteiger partial charge >= 0.3 is 98.4 Å². The number of rotatable bonds is 11. The molecule has 0 saturated heterocycles. The molecule has 0 bridgehead atoms. The molecule has 0 unspecified atom stereocenters. The van der Waals surface area contributed by atoms with Gasteiger partial charge in [0.1, 0.15) is 0 Å². The molecule has 2 aromatic rings. The Labute approximate surface area is 201 Å². The van der Waals surface area contributed by atoms with Gasteiger partial charge in [-0.1, -0.05) is 12.1 Å². The smallest absolute Gasteiger partial charge is 0.378 e. The van der Waals surface area contributed by atoms with Crippen molar-refractivity contribution in [1.29, 1.82) is 0 Å². The van der Waals surface area contributed by atoms with E-state index >= 15 is 0 Å². The Bertz CT molecular complexity index is 939. The summed E-state index contributed by atoms with van der Waals surface area (Å²) in [5.74, 6) is 0. The minimum atomic E-state index is 0.886. The molecule has 0 radical (unpaired) electrons. The fourth-order valence-electron chi connectivity index (χ4n) is 4.44. The maximum absolute atomic E-state index is 4.90. The predicted octanol–water partition coefficient (Wildman–Crippen LogP) is 7.35. The number of anilines is 4. The Morgan fingerprint density at radius 1 is 0.781 bits per heavy atom. The molecule has 0 aromatic heterocycles. The topological polar surface area (TPSA) is 9.72 Å². The van der Waals surface area contributed by atoms with E-state index in [1.807, 2.05) is 0 Å². The molecule has 1 aliphatic rings. The molecule has 0 atom stereocenters. The molecule has 0 spiro atoms. The second kappa shape index (κ2) is 12.5. The second-order valence-corrected chi connectivity index (χ2v) is 10.3. The van der Waals surface area contributed by atoms with Crippen LogP contribution in [0, 0.1) is 5.63 Å². The molecule has 0 amide bonds. The standard InChI is InChI=1S/C27H38N3PS/c1-28(2)24-15-13-22-19-23-14-16-25(29(3)4)21-27(23)30(26(22)20-24)17-11-9-7-5-6-8-10-12-18-31-32/h13-16,20-21H,5-12,17,19H2,1-4H3. The first-order valence-electron chi connectivity index (χ1n) is 11.9. The molecule has 5 heteroatoms. The van der Waals surface area contributed by atoms with E-state index in [-0.39, 0.29) is 0 Å². The van der Waals surface area contributed by atoms with Crippen molar-refractivity contribution >= 4 is 41.4 Å². The third-order valence-corrected chi connectivity index (χ3v) is 7.11. The maximum atomic E-state index is 4.90. The summed E-state index contributed by atoms with van der Waals surface area (Å²) < 4.78 is 0. The molecule has 0 saturated carbocycles. The van der Waals surface area contributed by atoms with Crippen molar-refractivity contribution in [3.63, 3.8) is 0 Å². The monoisotopic (exact) mass is 467 g/mol. The summed E-state index contributed by atoms with van der Waals surface area (Å²) in [7, 11) is 8.50. The molecule has 1 heterocycles. The zero-order valence-electron chi connectivity index (χ0n) is 20.2. The van der Waals surface area contributed by atoms with Crippen molar-refractivity contribution in [2.45, 2.75) is 57.8 Å². The quantitative estimate of drug-likeness (QED) is 0.252. The molecule has 32 heavy (non-hydrogen) atoms. The summed E-state index contributed by atoms with van der Waals surface area (Å²) in [6.07, 6.45) is 11.2.